The molecule has 17 heavy (non-hydrogen) atoms. The molecule has 1 N–H and O–H groups in total. The SMILES string of the molecule is COC(=O)Cc1[nH]cc(C(F)F)c(=O)c1CCl. The molecular weight excluding hydrogens is 256 g/mol. The molecule has 0 aromatic carbocycles. The highest BCUT2D eigenvalue weighted by molar-refractivity contribution is 6.17. The van der Waals surface area contributed by atoms with Crippen LogP contribution in [0.1, 0.15) is 23.2 Å². The van der Waals surface area contributed by atoms with Crippen LogP contribution in [0.3, 0.4) is 0 Å². The normalized spacial score (nSPS) is 10.6. The monoisotopic (exact) mass is 265 g/mol. The molecule has 0 saturated carbocycles. The second kappa shape index (κ2) is 5.77. The van der Waals surface area contributed by atoms with Gasteiger partial charge in [0.15, 0.2) is 5.43 Å². The Kier molecular flexibility index (Phi) is 4.62. The summed E-state index contributed by atoms with van der Waals surface area (Å²) < 4.78 is 29.3. The van der Waals surface area contributed by atoms with Gasteiger partial charge >= 0.3 is 5.97 Å². The quantitative estimate of drug-likeness (QED) is 0.667. The van der Waals surface area contributed by atoms with Crippen LogP contribution in [-0.4, -0.2) is 18.1 Å². The van der Waals surface area contributed by atoms with E-state index in [0.29, 0.717) is 0 Å². The number of alkyl halides is 3. The van der Waals surface area contributed by atoms with Crippen LogP contribution < -0.4 is 5.43 Å². The molecule has 0 aliphatic heterocycles. The summed E-state index contributed by atoms with van der Waals surface area (Å²) in [5.74, 6) is -0.834. The summed E-state index contributed by atoms with van der Waals surface area (Å²) in [5, 5.41) is 0. The first-order valence-corrected chi connectivity index (χ1v) is 5.19. The van der Waals surface area contributed by atoms with E-state index in [1.54, 1.807) is 0 Å². The highest BCUT2D eigenvalue weighted by Gasteiger charge is 2.18. The van der Waals surface area contributed by atoms with Gasteiger partial charge in [0.25, 0.3) is 6.43 Å². The molecule has 0 aliphatic rings. The van der Waals surface area contributed by atoms with Crippen molar-refractivity contribution in [3.63, 3.8) is 0 Å². The molecule has 4 nitrogen and oxygen atoms in total. The van der Waals surface area contributed by atoms with Gasteiger partial charge in [0.05, 0.1) is 25.0 Å². The Bertz CT molecular complexity index is 473. The number of halogens is 3. The van der Waals surface area contributed by atoms with E-state index >= 15 is 0 Å². The molecule has 1 aromatic heterocycles. The lowest BCUT2D eigenvalue weighted by Crippen LogP contribution is -2.20. The standard InChI is InChI=1S/C10H10ClF2NO3/c1-17-8(15)2-7-5(3-11)9(16)6(4-14-7)10(12)13/h4,10H,2-3H2,1H3,(H,14,16). The minimum atomic E-state index is -2.88. The van der Waals surface area contributed by atoms with Crippen LogP contribution >= 0.6 is 11.6 Å². The number of carbonyl (C=O) groups is 1. The highest BCUT2D eigenvalue weighted by Crippen LogP contribution is 2.16. The zero-order valence-corrected chi connectivity index (χ0v) is 9.68. The molecule has 0 bridgehead atoms. The van der Waals surface area contributed by atoms with Crippen LogP contribution in [0, 0.1) is 0 Å². The zero-order valence-electron chi connectivity index (χ0n) is 8.93. The number of hydrogen-bond donors (Lipinski definition) is 1. The molecule has 0 saturated heterocycles. The molecule has 1 aromatic rings. The molecule has 0 spiro atoms. The Hall–Kier alpha value is -1.43. The van der Waals surface area contributed by atoms with Crippen molar-refractivity contribution < 1.29 is 18.3 Å². The number of H-pyrrole nitrogens is 1. The molecule has 94 valence electrons. The van der Waals surface area contributed by atoms with Crippen LogP contribution in [0.5, 0.6) is 0 Å². The van der Waals surface area contributed by atoms with Crippen molar-refractivity contribution in [2.24, 2.45) is 0 Å². The minimum Gasteiger partial charge on any atom is -0.469 e. The van der Waals surface area contributed by atoms with Crippen LogP contribution in [0.15, 0.2) is 11.0 Å². The Morgan fingerprint density at radius 3 is 2.71 bits per heavy atom. The minimum absolute atomic E-state index is 0.0325. The van der Waals surface area contributed by atoms with Gasteiger partial charge in [-0.3, -0.25) is 9.59 Å². The number of aromatic amines is 1. The second-order valence-corrected chi connectivity index (χ2v) is 3.48. The van der Waals surface area contributed by atoms with Gasteiger partial charge < -0.3 is 9.72 Å². The zero-order chi connectivity index (χ0) is 13.0. The average molecular weight is 266 g/mol. The maximum atomic E-state index is 12.4. The first-order valence-electron chi connectivity index (χ1n) is 4.65. The Morgan fingerprint density at radius 1 is 1.59 bits per heavy atom. The molecule has 0 unspecified atom stereocenters. The molecule has 0 fully saturated rings. The predicted octanol–water partition coefficient (Wildman–Crippen LogP) is 1.77. The third kappa shape index (κ3) is 3.03. The summed E-state index contributed by atoms with van der Waals surface area (Å²) >= 11 is 5.52. The van der Waals surface area contributed by atoms with E-state index in [1.807, 2.05) is 0 Å². The lowest BCUT2D eigenvalue weighted by molar-refractivity contribution is -0.139. The van der Waals surface area contributed by atoms with Crippen molar-refractivity contribution in [1.82, 2.24) is 4.98 Å². The summed E-state index contributed by atoms with van der Waals surface area (Å²) in [6.45, 7) is 0. The molecule has 0 amide bonds. The fraction of sp³-hybridized carbons (Fsp3) is 0.400. The summed E-state index contributed by atoms with van der Waals surface area (Å²) in [6.07, 6.45) is -2.20. The third-order valence-electron chi connectivity index (χ3n) is 2.22. The number of nitrogens with one attached hydrogen (secondary N) is 1. The molecule has 1 heterocycles. The van der Waals surface area contributed by atoms with E-state index in [9.17, 15) is 18.4 Å². The lowest BCUT2D eigenvalue weighted by atomic mass is 10.1. The Balaban J connectivity index is 3.21. The first-order chi connectivity index (χ1) is 8.01. The van der Waals surface area contributed by atoms with E-state index < -0.39 is 23.4 Å². The number of aromatic nitrogens is 1. The Labute approximate surface area is 101 Å². The highest BCUT2D eigenvalue weighted by atomic mass is 35.5. The fourth-order valence-corrected chi connectivity index (χ4v) is 1.59. The molecule has 7 heteroatoms. The van der Waals surface area contributed by atoms with Gasteiger partial charge in [0, 0.05) is 17.5 Å². The van der Waals surface area contributed by atoms with Gasteiger partial charge in [-0.05, 0) is 0 Å². The number of carbonyl (C=O) groups excluding carboxylic acids is 1. The van der Waals surface area contributed by atoms with E-state index in [1.165, 1.54) is 7.11 Å². The van der Waals surface area contributed by atoms with Gasteiger partial charge in [-0.1, -0.05) is 0 Å². The summed E-state index contributed by atoms with van der Waals surface area (Å²) in [6, 6.07) is 0. The summed E-state index contributed by atoms with van der Waals surface area (Å²) in [5.41, 5.74) is -1.34. The second-order valence-electron chi connectivity index (χ2n) is 3.22. The lowest BCUT2D eigenvalue weighted by Gasteiger charge is -2.08. The maximum absolute atomic E-state index is 12.4. The maximum Gasteiger partial charge on any atom is 0.311 e. The Morgan fingerprint density at radius 2 is 2.24 bits per heavy atom. The van der Waals surface area contributed by atoms with E-state index in [-0.39, 0.29) is 23.6 Å². The van der Waals surface area contributed by atoms with Crippen molar-refractivity contribution in [1.29, 1.82) is 0 Å². The number of pyridine rings is 1. The predicted molar refractivity (Wildman–Crippen MR) is 57.3 cm³/mol. The number of methoxy groups -OCH3 is 1. The first kappa shape index (κ1) is 13.6. The molecular formula is C10H10ClF2NO3. The summed E-state index contributed by atoms with van der Waals surface area (Å²) in [4.78, 5) is 25.1. The topological polar surface area (TPSA) is 59.2 Å². The smallest absolute Gasteiger partial charge is 0.311 e. The fourth-order valence-electron chi connectivity index (χ4n) is 1.31. The molecule has 0 aliphatic carbocycles. The van der Waals surface area contributed by atoms with Crippen molar-refractivity contribution in [2.45, 2.75) is 18.7 Å². The molecule has 0 radical (unpaired) electrons. The van der Waals surface area contributed by atoms with Crippen LogP contribution in [0.25, 0.3) is 0 Å². The van der Waals surface area contributed by atoms with Crippen molar-refractivity contribution in [3.05, 3.63) is 33.2 Å². The number of hydrogen-bond acceptors (Lipinski definition) is 3. The third-order valence-corrected chi connectivity index (χ3v) is 2.49. The van der Waals surface area contributed by atoms with Gasteiger partial charge in [-0.15, -0.1) is 11.6 Å². The number of esters is 1. The molecule has 1 rings (SSSR count). The van der Waals surface area contributed by atoms with Gasteiger partial charge in [0.1, 0.15) is 0 Å². The van der Waals surface area contributed by atoms with Crippen molar-refractivity contribution in [2.75, 3.05) is 7.11 Å². The largest absolute Gasteiger partial charge is 0.469 e. The van der Waals surface area contributed by atoms with Crippen molar-refractivity contribution >= 4 is 17.6 Å². The van der Waals surface area contributed by atoms with Gasteiger partial charge in [-0.2, -0.15) is 0 Å². The average Bonchev–Trinajstić information content (AvgIpc) is 2.28. The van der Waals surface area contributed by atoms with Gasteiger partial charge in [0.2, 0.25) is 0 Å². The van der Waals surface area contributed by atoms with Crippen LogP contribution in [-0.2, 0) is 21.8 Å². The van der Waals surface area contributed by atoms with E-state index in [4.69, 9.17) is 11.6 Å². The van der Waals surface area contributed by atoms with E-state index in [2.05, 4.69) is 9.72 Å². The van der Waals surface area contributed by atoms with E-state index in [0.717, 1.165) is 6.20 Å². The van der Waals surface area contributed by atoms with Crippen molar-refractivity contribution in [3.8, 4) is 0 Å². The summed E-state index contributed by atoms with van der Waals surface area (Å²) in [7, 11) is 1.19. The number of ether oxygens (including phenoxy) is 1. The number of rotatable bonds is 4. The van der Waals surface area contributed by atoms with Gasteiger partial charge in [-0.25, -0.2) is 8.78 Å². The van der Waals surface area contributed by atoms with Crippen LogP contribution in [0.2, 0.25) is 0 Å². The molecule has 0 atom stereocenters. The van der Waals surface area contributed by atoms with Crippen LogP contribution in [0.4, 0.5) is 8.78 Å².